The number of nitrogens with one attached hydrogen (secondary N) is 2. The first-order chi connectivity index (χ1) is 12.7. The maximum absolute atomic E-state index is 12.6. The van der Waals surface area contributed by atoms with E-state index in [4.69, 9.17) is 0 Å². The molecule has 1 aliphatic heterocycles. The van der Waals surface area contributed by atoms with E-state index in [1.807, 2.05) is 48.8 Å². The van der Waals surface area contributed by atoms with Crippen LogP contribution < -0.4 is 5.32 Å². The van der Waals surface area contributed by atoms with Gasteiger partial charge in [-0.2, -0.15) is 0 Å². The van der Waals surface area contributed by atoms with Crippen molar-refractivity contribution in [2.75, 3.05) is 18.4 Å². The van der Waals surface area contributed by atoms with Gasteiger partial charge in [-0.3, -0.25) is 9.69 Å². The summed E-state index contributed by atoms with van der Waals surface area (Å²) in [6.07, 6.45) is 4.15. The lowest BCUT2D eigenvalue weighted by molar-refractivity contribution is -0.117. The molecule has 2 aromatic heterocycles. The highest BCUT2D eigenvalue weighted by atomic mass is 32.1. The van der Waals surface area contributed by atoms with Crippen LogP contribution in [-0.4, -0.2) is 33.9 Å². The Morgan fingerprint density at radius 1 is 1.38 bits per heavy atom. The molecular formula is C20H22N4OS. The number of thiazole rings is 1. The Morgan fingerprint density at radius 2 is 2.31 bits per heavy atom. The highest BCUT2D eigenvalue weighted by molar-refractivity contribution is 7.09. The highest BCUT2D eigenvalue weighted by Crippen LogP contribution is 2.30. The lowest BCUT2D eigenvalue weighted by Gasteiger charge is -2.23. The Balaban J connectivity index is 1.42. The summed E-state index contributed by atoms with van der Waals surface area (Å²) in [5, 5.41) is 6.12. The maximum Gasteiger partial charge on any atom is 0.238 e. The molecule has 1 fully saturated rings. The first-order valence-corrected chi connectivity index (χ1v) is 9.77. The third-order valence-corrected chi connectivity index (χ3v) is 5.53. The number of carbonyl (C=O) groups excluding carboxylic acids is 1. The zero-order valence-electron chi connectivity index (χ0n) is 14.7. The molecule has 4 rings (SSSR count). The number of nitrogens with zero attached hydrogens (tertiary/aromatic N) is 2. The molecule has 0 aliphatic carbocycles. The van der Waals surface area contributed by atoms with Crippen LogP contribution in [-0.2, 0) is 4.79 Å². The zero-order valence-corrected chi connectivity index (χ0v) is 15.6. The minimum atomic E-state index is 0.0232. The molecule has 26 heavy (non-hydrogen) atoms. The number of likely N-dealkylation sites (tertiary alicyclic amines) is 1. The fraction of sp³-hybridized carbons (Fsp3) is 0.300. The SMILES string of the molecule is Cc1nc(-c2cccc(NC(=O)CN3CCCC3c3ccc[nH]3)c2)cs1. The molecule has 0 bridgehead atoms. The second-order valence-corrected chi connectivity index (χ2v) is 7.70. The molecule has 5 nitrogen and oxygen atoms in total. The van der Waals surface area contributed by atoms with Crippen molar-refractivity contribution in [1.29, 1.82) is 0 Å². The molecule has 1 amide bonds. The van der Waals surface area contributed by atoms with Crippen LogP contribution in [0.1, 0.15) is 29.6 Å². The monoisotopic (exact) mass is 366 g/mol. The smallest absolute Gasteiger partial charge is 0.238 e. The average Bonchev–Trinajstić information content (AvgIpc) is 3.36. The summed E-state index contributed by atoms with van der Waals surface area (Å²) in [6, 6.07) is 12.3. The number of aromatic amines is 1. The summed E-state index contributed by atoms with van der Waals surface area (Å²) in [6.45, 7) is 3.36. The fourth-order valence-corrected chi connectivity index (χ4v) is 4.18. The summed E-state index contributed by atoms with van der Waals surface area (Å²) in [5.74, 6) is 0.0232. The number of rotatable bonds is 5. The minimum absolute atomic E-state index is 0.0232. The van der Waals surface area contributed by atoms with Crippen molar-refractivity contribution in [3.63, 3.8) is 0 Å². The molecule has 1 saturated heterocycles. The number of aromatic nitrogens is 2. The summed E-state index contributed by atoms with van der Waals surface area (Å²) in [4.78, 5) is 22.6. The predicted molar refractivity (Wildman–Crippen MR) is 105 cm³/mol. The lowest BCUT2D eigenvalue weighted by Crippen LogP contribution is -2.33. The van der Waals surface area contributed by atoms with Gasteiger partial charge in [-0.05, 0) is 50.6 Å². The number of H-pyrrole nitrogens is 1. The number of amides is 1. The topological polar surface area (TPSA) is 61.0 Å². The molecule has 1 aliphatic rings. The van der Waals surface area contributed by atoms with E-state index < -0.39 is 0 Å². The Hall–Kier alpha value is -2.44. The molecule has 2 N–H and O–H groups in total. The molecule has 0 saturated carbocycles. The maximum atomic E-state index is 12.6. The van der Waals surface area contributed by atoms with E-state index in [1.54, 1.807) is 11.3 Å². The van der Waals surface area contributed by atoms with E-state index in [2.05, 4.69) is 26.3 Å². The van der Waals surface area contributed by atoms with E-state index in [1.165, 1.54) is 5.69 Å². The van der Waals surface area contributed by atoms with Crippen LogP contribution in [0.3, 0.4) is 0 Å². The van der Waals surface area contributed by atoms with E-state index >= 15 is 0 Å². The lowest BCUT2D eigenvalue weighted by atomic mass is 10.1. The molecule has 3 aromatic rings. The molecule has 1 unspecified atom stereocenters. The molecule has 134 valence electrons. The number of carbonyl (C=O) groups is 1. The van der Waals surface area contributed by atoms with Gasteiger partial charge in [0.25, 0.3) is 0 Å². The van der Waals surface area contributed by atoms with Crippen LogP contribution in [0.5, 0.6) is 0 Å². The Labute approximate surface area is 157 Å². The fourth-order valence-electron chi connectivity index (χ4n) is 3.56. The van der Waals surface area contributed by atoms with Crippen molar-refractivity contribution in [2.24, 2.45) is 0 Å². The summed E-state index contributed by atoms with van der Waals surface area (Å²) < 4.78 is 0. The van der Waals surface area contributed by atoms with Gasteiger partial charge in [-0.25, -0.2) is 4.98 Å². The van der Waals surface area contributed by atoms with Crippen molar-refractivity contribution in [3.8, 4) is 11.3 Å². The molecule has 6 heteroatoms. The normalized spacial score (nSPS) is 17.5. The Kier molecular flexibility index (Phi) is 4.86. The number of aryl methyl sites for hydroxylation is 1. The third kappa shape index (κ3) is 3.71. The number of anilines is 1. The Morgan fingerprint density at radius 3 is 3.08 bits per heavy atom. The summed E-state index contributed by atoms with van der Waals surface area (Å²) >= 11 is 1.63. The van der Waals surface area contributed by atoms with Crippen LogP contribution in [0.4, 0.5) is 5.69 Å². The first kappa shape index (κ1) is 17.0. The van der Waals surface area contributed by atoms with Gasteiger partial charge in [-0.1, -0.05) is 12.1 Å². The van der Waals surface area contributed by atoms with Gasteiger partial charge in [0, 0.05) is 28.5 Å². The second kappa shape index (κ2) is 7.43. The largest absolute Gasteiger partial charge is 0.364 e. The minimum Gasteiger partial charge on any atom is -0.364 e. The van der Waals surface area contributed by atoms with Gasteiger partial charge in [0.05, 0.1) is 23.3 Å². The van der Waals surface area contributed by atoms with Crippen LogP contribution in [0, 0.1) is 6.92 Å². The molecule has 0 spiro atoms. The van der Waals surface area contributed by atoms with Gasteiger partial charge in [0.1, 0.15) is 0 Å². The van der Waals surface area contributed by atoms with E-state index in [0.717, 1.165) is 41.3 Å². The third-order valence-electron chi connectivity index (χ3n) is 4.75. The second-order valence-electron chi connectivity index (χ2n) is 6.63. The van der Waals surface area contributed by atoms with E-state index in [-0.39, 0.29) is 5.91 Å². The van der Waals surface area contributed by atoms with Crippen LogP contribution >= 0.6 is 11.3 Å². The van der Waals surface area contributed by atoms with Gasteiger partial charge in [0.2, 0.25) is 5.91 Å². The average molecular weight is 366 g/mol. The number of hydrogen-bond acceptors (Lipinski definition) is 4. The van der Waals surface area contributed by atoms with Crippen LogP contribution in [0.15, 0.2) is 48.0 Å². The molecule has 3 heterocycles. The van der Waals surface area contributed by atoms with Crippen LogP contribution in [0.2, 0.25) is 0 Å². The number of benzene rings is 1. The summed E-state index contributed by atoms with van der Waals surface area (Å²) in [7, 11) is 0. The van der Waals surface area contributed by atoms with Crippen molar-refractivity contribution in [3.05, 3.63) is 58.7 Å². The van der Waals surface area contributed by atoms with E-state index in [9.17, 15) is 4.79 Å². The first-order valence-electron chi connectivity index (χ1n) is 8.89. The zero-order chi connectivity index (χ0) is 17.9. The molecular weight excluding hydrogens is 344 g/mol. The molecule has 0 radical (unpaired) electrons. The van der Waals surface area contributed by atoms with Crippen molar-refractivity contribution < 1.29 is 4.79 Å². The standard InChI is InChI=1S/C20H22N4OS/c1-14-22-18(13-26-14)15-5-2-6-16(11-15)23-20(25)12-24-10-4-8-19(24)17-7-3-9-21-17/h2-3,5-7,9,11,13,19,21H,4,8,10,12H2,1H3,(H,23,25). The van der Waals surface area contributed by atoms with Crippen molar-refractivity contribution in [2.45, 2.75) is 25.8 Å². The Bertz CT molecular complexity index is 887. The quantitative estimate of drug-likeness (QED) is 0.711. The summed E-state index contributed by atoms with van der Waals surface area (Å²) in [5.41, 5.74) is 3.98. The molecule has 1 aromatic carbocycles. The van der Waals surface area contributed by atoms with Gasteiger partial charge in [0.15, 0.2) is 0 Å². The van der Waals surface area contributed by atoms with Crippen molar-refractivity contribution in [1.82, 2.24) is 14.9 Å². The molecule has 1 atom stereocenters. The number of hydrogen-bond donors (Lipinski definition) is 2. The van der Waals surface area contributed by atoms with Gasteiger partial charge >= 0.3 is 0 Å². The van der Waals surface area contributed by atoms with Crippen molar-refractivity contribution >= 4 is 22.9 Å². The van der Waals surface area contributed by atoms with Gasteiger partial charge in [-0.15, -0.1) is 11.3 Å². The predicted octanol–water partition coefficient (Wildman–Crippen LogP) is 4.22. The van der Waals surface area contributed by atoms with Crippen LogP contribution in [0.25, 0.3) is 11.3 Å². The van der Waals surface area contributed by atoms with E-state index in [0.29, 0.717) is 12.6 Å². The highest BCUT2D eigenvalue weighted by Gasteiger charge is 2.28. The van der Waals surface area contributed by atoms with Gasteiger partial charge < -0.3 is 10.3 Å².